The topological polar surface area (TPSA) is 71.8 Å². The standard InChI is InChI=1S/C21H26N2O4/c1-4-26-17-8-7-15-9-10-23(13-16(15)12-17)21(25)19(14(2)3)22-20(24)18-6-5-11-27-18/h5-8,11-12,14,19H,4,9-10,13H2,1-3H3,(H,22,24). The molecule has 0 saturated carbocycles. The molecule has 1 aromatic heterocycles. The van der Waals surface area contributed by atoms with Gasteiger partial charge in [0.05, 0.1) is 12.9 Å². The van der Waals surface area contributed by atoms with Gasteiger partial charge >= 0.3 is 0 Å². The van der Waals surface area contributed by atoms with Crippen LogP contribution in [0.5, 0.6) is 5.75 Å². The minimum atomic E-state index is -0.598. The average Bonchev–Trinajstić information content (AvgIpc) is 3.20. The maximum Gasteiger partial charge on any atom is 0.287 e. The highest BCUT2D eigenvalue weighted by atomic mass is 16.5. The summed E-state index contributed by atoms with van der Waals surface area (Å²) in [5.74, 6) is 0.545. The number of carbonyl (C=O) groups is 2. The fourth-order valence-corrected chi connectivity index (χ4v) is 3.31. The number of nitrogens with one attached hydrogen (secondary N) is 1. The van der Waals surface area contributed by atoms with Crippen LogP contribution in [0.2, 0.25) is 0 Å². The summed E-state index contributed by atoms with van der Waals surface area (Å²) >= 11 is 0. The lowest BCUT2D eigenvalue weighted by molar-refractivity contribution is -0.135. The van der Waals surface area contributed by atoms with Crippen molar-refractivity contribution in [3.05, 3.63) is 53.5 Å². The fraction of sp³-hybridized carbons (Fsp3) is 0.429. The van der Waals surface area contributed by atoms with E-state index in [1.807, 2.05) is 37.8 Å². The van der Waals surface area contributed by atoms with Crippen LogP contribution in [0.4, 0.5) is 0 Å². The molecule has 1 unspecified atom stereocenters. The number of ether oxygens (including phenoxy) is 1. The second kappa shape index (κ2) is 8.29. The van der Waals surface area contributed by atoms with Crippen LogP contribution in [0.15, 0.2) is 41.0 Å². The molecule has 2 amide bonds. The predicted octanol–water partition coefficient (Wildman–Crippen LogP) is 3.02. The van der Waals surface area contributed by atoms with Crippen LogP contribution in [-0.4, -0.2) is 35.9 Å². The Morgan fingerprint density at radius 2 is 2.07 bits per heavy atom. The molecule has 1 aliphatic rings. The van der Waals surface area contributed by atoms with Gasteiger partial charge in [-0.15, -0.1) is 0 Å². The maximum atomic E-state index is 13.1. The molecule has 3 rings (SSSR count). The maximum absolute atomic E-state index is 13.1. The van der Waals surface area contributed by atoms with Crippen molar-refractivity contribution in [2.75, 3.05) is 13.2 Å². The molecule has 2 heterocycles. The van der Waals surface area contributed by atoms with Crippen molar-refractivity contribution in [3.63, 3.8) is 0 Å². The van der Waals surface area contributed by atoms with E-state index in [1.54, 1.807) is 12.1 Å². The second-order valence-corrected chi connectivity index (χ2v) is 7.05. The first kappa shape index (κ1) is 19.0. The van der Waals surface area contributed by atoms with E-state index in [-0.39, 0.29) is 23.5 Å². The van der Waals surface area contributed by atoms with Gasteiger partial charge in [-0.3, -0.25) is 9.59 Å². The lowest BCUT2D eigenvalue weighted by atomic mass is 9.96. The predicted molar refractivity (Wildman–Crippen MR) is 102 cm³/mol. The summed E-state index contributed by atoms with van der Waals surface area (Å²) in [6.45, 7) is 7.57. The zero-order valence-electron chi connectivity index (χ0n) is 16.0. The summed E-state index contributed by atoms with van der Waals surface area (Å²) in [5.41, 5.74) is 2.34. The first-order valence-corrected chi connectivity index (χ1v) is 9.37. The summed E-state index contributed by atoms with van der Waals surface area (Å²) in [5, 5.41) is 2.82. The third kappa shape index (κ3) is 4.32. The molecule has 1 aromatic carbocycles. The molecule has 0 bridgehead atoms. The molecule has 0 radical (unpaired) electrons. The van der Waals surface area contributed by atoms with Gasteiger partial charge < -0.3 is 19.4 Å². The molecule has 1 atom stereocenters. The molecule has 0 saturated heterocycles. The van der Waals surface area contributed by atoms with Crippen molar-refractivity contribution in [1.29, 1.82) is 0 Å². The molecular formula is C21H26N2O4. The Labute approximate surface area is 159 Å². The number of hydrogen-bond donors (Lipinski definition) is 1. The van der Waals surface area contributed by atoms with Crippen LogP contribution >= 0.6 is 0 Å². The molecular weight excluding hydrogens is 344 g/mol. The molecule has 1 aliphatic heterocycles. The molecule has 144 valence electrons. The SMILES string of the molecule is CCOc1ccc2c(c1)CN(C(=O)C(NC(=O)c1ccco1)C(C)C)CC2. The number of rotatable bonds is 6. The van der Waals surface area contributed by atoms with Crippen LogP contribution in [0.1, 0.15) is 42.5 Å². The van der Waals surface area contributed by atoms with Gasteiger partial charge in [-0.1, -0.05) is 19.9 Å². The van der Waals surface area contributed by atoms with E-state index in [1.165, 1.54) is 11.8 Å². The molecule has 2 aromatic rings. The van der Waals surface area contributed by atoms with E-state index in [9.17, 15) is 9.59 Å². The van der Waals surface area contributed by atoms with Gasteiger partial charge in [-0.2, -0.15) is 0 Å². The summed E-state index contributed by atoms with van der Waals surface area (Å²) in [6, 6.07) is 8.69. The number of furan rings is 1. The largest absolute Gasteiger partial charge is 0.494 e. The normalized spacial score (nSPS) is 14.6. The van der Waals surface area contributed by atoms with Crippen molar-refractivity contribution in [2.45, 2.75) is 39.8 Å². The van der Waals surface area contributed by atoms with Gasteiger partial charge in [0, 0.05) is 13.1 Å². The van der Waals surface area contributed by atoms with Gasteiger partial charge in [0.15, 0.2) is 5.76 Å². The van der Waals surface area contributed by atoms with Crippen molar-refractivity contribution < 1.29 is 18.7 Å². The Kier molecular flexibility index (Phi) is 5.84. The first-order chi connectivity index (χ1) is 13.0. The van der Waals surface area contributed by atoms with E-state index >= 15 is 0 Å². The quantitative estimate of drug-likeness (QED) is 0.848. The summed E-state index contributed by atoms with van der Waals surface area (Å²) in [4.78, 5) is 27.3. The molecule has 1 N–H and O–H groups in total. The third-order valence-electron chi connectivity index (χ3n) is 4.78. The van der Waals surface area contributed by atoms with Crippen LogP contribution in [0.3, 0.4) is 0 Å². The molecule has 0 aliphatic carbocycles. The number of nitrogens with zero attached hydrogens (tertiary/aromatic N) is 1. The number of carbonyl (C=O) groups excluding carboxylic acids is 2. The highest BCUT2D eigenvalue weighted by molar-refractivity contribution is 5.95. The van der Waals surface area contributed by atoms with Gasteiger partial charge in [-0.05, 0) is 54.7 Å². The zero-order valence-corrected chi connectivity index (χ0v) is 16.0. The highest BCUT2D eigenvalue weighted by Gasteiger charge is 2.31. The van der Waals surface area contributed by atoms with Gasteiger partial charge in [-0.25, -0.2) is 0 Å². The van der Waals surface area contributed by atoms with Crippen LogP contribution in [-0.2, 0) is 17.8 Å². The first-order valence-electron chi connectivity index (χ1n) is 9.37. The fourth-order valence-electron chi connectivity index (χ4n) is 3.31. The molecule has 6 nitrogen and oxygen atoms in total. The van der Waals surface area contributed by atoms with Crippen molar-refractivity contribution in [2.24, 2.45) is 5.92 Å². The second-order valence-electron chi connectivity index (χ2n) is 7.05. The smallest absolute Gasteiger partial charge is 0.287 e. The third-order valence-corrected chi connectivity index (χ3v) is 4.78. The van der Waals surface area contributed by atoms with E-state index in [2.05, 4.69) is 11.4 Å². The minimum absolute atomic E-state index is 0.0347. The number of fused-ring (bicyclic) bond motifs is 1. The highest BCUT2D eigenvalue weighted by Crippen LogP contribution is 2.25. The van der Waals surface area contributed by atoms with Crippen molar-refractivity contribution >= 4 is 11.8 Å². The number of benzene rings is 1. The Balaban J connectivity index is 1.73. The average molecular weight is 370 g/mol. The van der Waals surface area contributed by atoms with Gasteiger partial charge in [0.2, 0.25) is 5.91 Å². The van der Waals surface area contributed by atoms with Gasteiger partial charge in [0.1, 0.15) is 11.8 Å². The Hall–Kier alpha value is -2.76. The minimum Gasteiger partial charge on any atom is -0.494 e. The Morgan fingerprint density at radius 3 is 2.74 bits per heavy atom. The van der Waals surface area contributed by atoms with Crippen molar-refractivity contribution in [3.8, 4) is 5.75 Å². The Bertz CT molecular complexity index is 799. The van der Waals surface area contributed by atoms with E-state index in [4.69, 9.17) is 9.15 Å². The van der Waals surface area contributed by atoms with E-state index < -0.39 is 6.04 Å². The summed E-state index contributed by atoms with van der Waals surface area (Å²) < 4.78 is 10.7. The summed E-state index contributed by atoms with van der Waals surface area (Å²) in [7, 11) is 0. The monoisotopic (exact) mass is 370 g/mol. The molecule has 0 fully saturated rings. The van der Waals surface area contributed by atoms with Crippen LogP contribution < -0.4 is 10.1 Å². The number of hydrogen-bond acceptors (Lipinski definition) is 4. The van der Waals surface area contributed by atoms with Gasteiger partial charge in [0.25, 0.3) is 5.91 Å². The van der Waals surface area contributed by atoms with Crippen LogP contribution in [0.25, 0.3) is 0 Å². The van der Waals surface area contributed by atoms with Crippen LogP contribution in [0, 0.1) is 5.92 Å². The number of amides is 2. The van der Waals surface area contributed by atoms with E-state index in [0.717, 1.165) is 17.7 Å². The lowest BCUT2D eigenvalue weighted by Gasteiger charge is -2.33. The zero-order chi connectivity index (χ0) is 19.4. The molecule has 27 heavy (non-hydrogen) atoms. The Morgan fingerprint density at radius 1 is 1.26 bits per heavy atom. The van der Waals surface area contributed by atoms with E-state index in [0.29, 0.717) is 19.7 Å². The van der Waals surface area contributed by atoms with Crippen molar-refractivity contribution in [1.82, 2.24) is 10.2 Å². The summed E-state index contributed by atoms with van der Waals surface area (Å²) in [6.07, 6.45) is 2.24. The lowest BCUT2D eigenvalue weighted by Crippen LogP contribution is -2.52. The molecule has 0 spiro atoms. The molecule has 6 heteroatoms.